The lowest BCUT2D eigenvalue weighted by molar-refractivity contribution is -0.136. The van der Waals surface area contributed by atoms with Crippen molar-refractivity contribution >= 4 is 17.5 Å². The molecule has 2 aromatic rings. The average Bonchev–Trinajstić information content (AvgIpc) is 2.53. The van der Waals surface area contributed by atoms with E-state index in [1.807, 2.05) is 0 Å². The summed E-state index contributed by atoms with van der Waals surface area (Å²) < 4.78 is 38.6. The van der Waals surface area contributed by atoms with Crippen molar-refractivity contribution in [3.05, 3.63) is 60.4 Å². The number of carbonyl (C=O) groups excluding carboxylic acids is 1. The Morgan fingerprint density at radius 2 is 1.87 bits per heavy atom. The van der Waals surface area contributed by atoms with E-state index in [0.29, 0.717) is 6.54 Å². The van der Waals surface area contributed by atoms with Gasteiger partial charge >= 0.3 is 6.18 Å². The number of rotatable bonds is 5. The minimum Gasteiger partial charge on any atom is -0.351 e. The molecule has 2 N–H and O–H groups in total. The van der Waals surface area contributed by atoms with E-state index in [9.17, 15) is 18.0 Å². The molecule has 120 valence electrons. The van der Waals surface area contributed by atoms with Crippen LogP contribution in [0.2, 0.25) is 0 Å². The summed E-state index contributed by atoms with van der Waals surface area (Å²) in [4.78, 5) is 19.8. The first-order valence-electron chi connectivity index (χ1n) is 6.56. The zero-order valence-electron chi connectivity index (χ0n) is 11.9. The summed E-state index contributed by atoms with van der Waals surface area (Å²) in [5.41, 5.74) is -1.19. The summed E-state index contributed by atoms with van der Waals surface area (Å²) in [7, 11) is 0. The van der Waals surface area contributed by atoms with Gasteiger partial charge in [-0.05, 0) is 12.1 Å². The first-order chi connectivity index (χ1) is 10.9. The number of para-hydroxylation sites is 1. The van der Waals surface area contributed by atoms with Gasteiger partial charge in [0.15, 0.2) is 0 Å². The smallest absolute Gasteiger partial charge is 0.351 e. The fraction of sp³-hybridized carbons (Fsp3) is 0.133. The Morgan fingerprint density at radius 1 is 1.22 bits per heavy atom. The molecule has 1 aromatic heterocycles. The summed E-state index contributed by atoms with van der Waals surface area (Å²) >= 11 is 0. The molecule has 0 bridgehead atoms. The summed E-state index contributed by atoms with van der Waals surface area (Å²) in [5, 5.41) is 5.04. The van der Waals surface area contributed by atoms with Crippen LogP contribution in [-0.2, 0) is 6.18 Å². The zero-order chi connectivity index (χ0) is 16.9. The normalized spacial score (nSPS) is 10.9. The minimum absolute atomic E-state index is 0.0473. The summed E-state index contributed by atoms with van der Waals surface area (Å²) in [5.74, 6) is -0.436. The van der Waals surface area contributed by atoms with Gasteiger partial charge in [-0.2, -0.15) is 13.2 Å². The van der Waals surface area contributed by atoms with Crippen LogP contribution in [0, 0.1) is 0 Å². The number of anilines is 2. The van der Waals surface area contributed by atoms with Gasteiger partial charge in [0.2, 0.25) is 5.95 Å². The number of hydrogen-bond donors (Lipinski definition) is 2. The van der Waals surface area contributed by atoms with Crippen LogP contribution in [-0.4, -0.2) is 22.4 Å². The molecular formula is C15H13F3N4O. The number of carbonyl (C=O) groups is 1. The molecule has 0 radical (unpaired) electrons. The molecular weight excluding hydrogens is 309 g/mol. The predicted octanol–water partition coefficient (Wildman–Crippen LogP) is 3.35. The molecule has 2 rings (SSSR count). The first-order valence-corrected chi connectivity index (χ1v) is 6.56. The number of alkyl halides is 3. The third-order valence-electron chi connectivity index (χ3n) is 2.80. The molecule has 1 amide bonds. The third-order valence-corrected chi connectivity index (χ3v) is 2.80. The van der Waals surface area contributed by atoms with Crippen LogP contribution in [0.25, 0.3) is 0 Å². The largest absolute Gasteiger partial charge is 0.418 e. The highest BCUT2D eigenvalue weighted by Crippen LogP contribution is 2.34. The van der Waals surface area contributed by atoms with Gasteiger partial charge in [-0.3, -0.25) is 4.79 Å². The second kappa shape index (κ2) is 6.91. The highest BCUT2D eigenvalue weighted by Gasteiger charge is 2.33. The lowest BCUT2D eigenvalue weighted by atomic mass is 10.1. The molecule has 5 nitrogen and oxygen atoms in total. The van der Waals surface area contributed by atoms with Gasteiger partial charge < -0.3 is 10.6 Å². The number of hydrogen-bond acceptors (Lipinski definition) is 4. The highest BCUT2D eigenvalue weighted by molar-refractivity contribution is 6.04. The van der Waals surface area contributed by atoms with Gasteiger partial charge in [0, 0.05) is 18.9 Å². The average molecular weight is 322 g/mol. The molecule has 0 atom stereocenters. The molecule has 0 aliphatic carbocycles. The lowest BCUT2D eigenvalue weighted by Gasteiger charge is -2.13. The van der Waals surface area contributed by atoms with Crippen molar-refractivity contribution in [2.45, 2.75) is 6.18 Å². The van der Waals surface area contributed by atoms with Crippen LogP contribution >= 0.6 is 0 Å². The van der Waals surface area contributed by atoms with E-state index in [1.165, 1.54) is 30.6 Å². The number of nitrogens with one attached hydrogen (secondary N) is 2. The van der Waals surface area contributed by atoms with Crippen LogP contribution in [0.4, 0.5) is 24.8 Å². The Morgan fingerprint density at radius 3 is 2.48 bits per heavy atom. The van der Waals surface area contributed by atoms with Crippen molar-refractivity contribution in [2.75, 3.05) is 17.2 Å². The second-order valence-corrected chi connectivity index (χ2v) is 4.46. The van der Waals surface area contributed by atoms with Crippen LogP contribution < -0.4 is 10.6 Å². The van der Waals surface area contributed by atoms with Gasteiger partial charge in [-0.1, -0.05) is 18.2 Å². The van der Waals surface area contributed by atoms with Crippen LogP contribution in [0.1, 0.15) is 15.9 Å². The van der Waals surface area contributed by atoms with Gasteiger partial charge in [-0.15, -0.1) is 6.58 Å². The van der Waals surface area contributed by atoms with Crippen molar-refractivity contribution in [3.8, 4) is 0 Å². The second-order valence-electron chi connectivity index (χ2n) is 4.46. The van der Waals surface area contributed by atoms with Gasteiger partial charge in [0.1, 0.15) is 0 Å². The quantitative estimate of drug-likeness (QED) is 0.829. The number of benzene rings is 1. The molecule has 1 heterocycles. The van der Waals surface area contributed by atoms with E-state index in [-0.39, 0.29) is 17.2 Å². The Labute approximate surface area is 130 Å². The molecule has 23 heavy (non-hydrogen) atoms. The number of nitrogens with zero attached hydrogens (tertiary/aromatic N) is 2. The van der Waals surface area contributed by atoms with Crippen LogP contribution in [0.5, 0.6) is 0 Å². The number of aromatic nitrogens is 2. The topological polar surface area (TPSA) is 66.9 Å². The van der Waals surface area contributed by atoms with Crippen molar-refractivity contribution in [1.82, 2.24) is 9.97 Å². The van der Waals surface area contributed by atoms with Gasteiger partial charge in [0.25, 0.3) is 5.91 Å². The van der Waals surface area contributed by atoms with Crippen molar-refractivity contribution in [3.63, 3.8) is 0 Å². The molecule has 0 aliphatic rings. The van der Waals surface area contributed by atoms with E-state index in [4.69, 9.17) is 0 Å². The Hall–Kier alpha value is -2.90. The molecule has 8 heteroatoms. The zero-order valence-corrected chi connectivity index (χ0v) is 11.9. The lowest BCUT2D eigenvalue weighted by Crippen LogP contribution is -2.17. The Bertz CT molecular complexity index is 699. The SMILES string of the molecule is C=CCNc1ncc(C(=O)Nc2ccccc2C(F)(F)F)cn1. The molecule has 0 fully saturated rings. The predicted molar refractivity (Wildman–Crippen MR) is 80.1 cm³/mol. The highest BCUT2D eigenvalue weighted by atomic mass is 19.4. The minimum atomic E-state index is -4.56. The number of halogens is 3. The molecule has 0 spiro atoms. The first kappa shape index (κ1) is 16.5. The molecule has 0 saturated heterocycles. The van der Waals surface area contributed by atoms with E-state index in [2.05, 4.69) is 27.2 Å². The van der Waals surface area contributed by atoms with E-state index in [1.54, 1.807) is 6.08 Å². The maximum atomic E-state index is 12.9. The Balaban J connectivity index is 2.15. The maximum Gasteiger partial charge on any atom is 0.418 e. The summed E-state index contributed by atoms with van der Waals surface area (Å²) in [6.07, 6.45) is -0.495. The molecule has 0 unspecified atom stereocenters. The third kappa shape index (κ3) is 4.29. The number of amides is 1. The van der Waals surface area contributed by atoms with Crippen molar-refractivity contribution < 1.29 is 18.0 Å². The van der Waals surface area contributed by atoms with Crippen LogP contribution in [0.15, 0.2) is 49.3 Å². The van der Waals surface area contributed by atoms with E-state index < -0.39 is 17.6 Å². The standard InChI is InChI=1S/C15H13F3N4O/c1-2-7-19-14-20-8-10(9-21-14)13(23)22-12-6-4-3-5-11(12)15(16,17)18/h2-6,8-9H,1,7H2,(H,22,23)(H,19,20,21). The molecule has 1 aromatic carbocycles. The Kier molecular flexibility index (Phi) is 4.95. The maximum absolute atomic E-state index is 12.9. The van der Waals surface area contributed by atoms with Gasteiger partial charge in [0.05, 0.1) is 16.8 Å². The van der Waals surface area contributed by atoms with Crippen LogP contribution in [0.3, 0.4) is 0 Å². The summed E-state index contributed by atoms with van der Waals surface area (Å²) in [6, 6.07) is 4.74. The fourth-order valence-corrected chi connectivity index (χ4v) is 1.73. The fourth-order valence-electron chi connectivity index (χ4n) is 1.73. The summed E-state index contributed by atoms with van der Waals surface area (Å²) in [6.45, 7) is 3.97. The molecule has 0 saturated carbocycles. The molecule has 0 aliphatic heterocycles. The van der Waals surface area contributed by atoms with E-state index in [0.717, 1.165) is 6.07 Å². The van der Waals surface area contributed by atoms with E-state index >= 15 is 0 Å². The van der Waals surface area contributed by atoms with Gasteiger partial charge in [-0.25, -0.2) is 9.97 Å². The van der Waals surface area contributed by atoms with Crippen molar-refractivity contribution in [2.24, 2.45) is 0 Å². The monoisotopic (exact) mass is 322 g/mol. The van der Waals surface area contributed by atoms with Crippen molar-refractivity contribution in [1.29, 1.82) is 0 Å².